The van der Waals surface area contributed by atoms with Crippen molar-refractivity contribution in [2.75, 3.05) is 9.62 Å². The van der Waals surface area contributed by atoms with E-state index in [1.54, 1.807) is 59.1 Å². The standard InChI is InChI=1S/C25H17ClN2O3S2/c26-18-12-15-24-22(16-18)28(21-8-4-5-9-23(21)32-24)25(29)17-10-13-20(14-11-17)33(30,31)27-19-6-2-1-3-7-19/h1-16,27H. The van der Waals surface area contributed by atoms with Gasteiger partial charge in [0.15, 0.2) is 0 Å². The minimum absolute atomic E-state index is 0.0703. The number of rotatable bonds is 4. The van der Waals surface area contributed by atoms with Gasteiger partial charge in [-0.15, -0.1) is 0 Å². The third kappa shape index (κ3) is 4.23. The van der Waals surface area contributed by atoms with E-state index in [9.17, 15) is 13.2 Å². The van der Waals surface area contributed by atoms with Crippen molar-refractivity contribution in [3.8, 4) is 0 Å². The number of nitrogens with one attached hydrogen (secondary N) is 1. The zero-order valence-electron chi connectivity index (χ0n) is 17.1. The van der Waals surface area contributed by atoms with Crippen LogP contribution >= 0.6 is 23.4 Å². The van der Waals surface area contributed by atoms with Crippen molar-refractivity contribution >= 4 is 56.4 Å². The number of sulfonamides is 1. The van der Waals surface area contributed by atoms with E-state index in [1.807, 2.05) is 30.3 Å². The van der Waals surface area contributed by atoms with E-state index >= 15 is 0 Å². The molecule has 8 heteroatoms. The Labute approximate surface area is 201 Å². The second-order valence-electron chi connectivity index (χ2n) is 7.32. The third-order valence-electron chi connectivity index (χ3n) is 5.13. The number of hydrogen-bond donors (Lipinski definition) is 1. The van der Waals surface area contributed by atoms with Crippen LogP contribution in [0.25, 0.3) is 0 Å². The highest BCUT2D eigenvalue weighted by Gasteiger charge is 2.29. The number of benzene rings is 4. The van der Waals surface area contributed by atoms with Crippen LogP contribution in [0.5, 0.6) is 0 Å². The molecule has 33 heavy (non-hydrogen) atoms. The molecule has 0 unspecified atom stereocenters. The fourth-order valence-corrected chi connectivity index (χ4v) is 5.84. The molecule has 1 N–H and O–H groups in total. The minimum atomic E-state index is -3.78. The lowest BCUT2D eigenvalue weighted by Gasteiger charge is -2.31. The summed E-state index contributed by atoms with van der Waals surface area (Å²) in [7, 11) is -3.78. The highest BCUT2D eigenvalue weighted by atomic mass is 35.5. The number of fused-ring (bicyclic) bond motifs is 2. The highest BCUT2D eigenvalue weighted by molar-refractivity contribution is 7.99. The van der Waals surface area contributed by atoms with Crippen LogP contribution in [0.1, 0.15) is 10.4 Å². The van der Waals surface area contributed by atoms with Gasteiger partial charge in [-0.2, -0.15) is 0 Å². The molecule has 1 aliphatic heterocycles. The van der Waals surface area contributed by atoms with Crippen molar-refractivity contribution in [2.45, 2.75) is 14.7 Å². The van der Waals surface area contributed by atoms with Crippen molar-refractivity contribution in [3.05, 3.63) is 108 Å². The van der Waals surface area contributed by atoms with Gasteiger partial charge in [0, 0.05) is 26.1 Å². The molecule has 0 saturated heterocycles. The summed E-state index contributed by atoms with van der Waals surface area (Å²) in [5, 5.41) is 0.528. The summed E-state index contributed by atoms with van der Waals surface area (Å²) in [5.41, 5.74) is 2.28. The Kier molecular flexibility index (Phi) is 5.62. The van der Waals surface area contributed by atoms with Crippen LogP contribution in [0.15, 0.2) is 112 Å². The molecule has 0 aromatic heterocycles. The lowest BCUT2D eigenvalue weighted by molar-refractivity contribution is 0.0998. The minimum Gasteiger partial charge on any atom is -0.280 e. The van der Waals surface area contributed by atoms with Crippen LogP contribution in [-0.2, 0) is 10.0 Å². The molecule has 164 valence electrons. The Morgan fingerprint density at radius 2 is 1.45 bits per heavy atom. The molecule has 0 bridgehead atoms. The SMILES string of the molecule is O=C(c1ccc(S(=O)(=O)Nc2ccccc2)cc1)N1c2ccccc2Sc2ccc(Cl)cc21. The Morgan fingerprint density at radius 1 is 0.788 bits per heavy atom. The molecular formula is C25H17ClN2O3S2. The van der Waals surface area contributed by atoms with Crippen LogP contribution in [0.3, 0.4) is 0 Å². The normalized spacial score (nSPS) is 12.6. The molecule has 0 saturated carbocycles. The first-order valence-electron chi connectivity index (χ1n) is 10.0. The van der Waals surface area contributed by atoms with Gasteiger partial charge in [0.05, 0.1) is 16.3 Å². The number of carbonyl (C=O) groups excluding carboxylic acids is 1. The summed E-state index contributed by atoms with van der Waals surface area (Å²) < 4.78 is 28.0. The average molecular weight is 493 g/mol. The number of para-hydroxylation sites is 2. The molecule has 0 aliphatic carbocycles. The molecule has 1 amide bonds. The molecule has 0 spiro atoms. The van der Waals surface area contributed by atoms with Gasteiger partial charge in [-0.25, -0.2) is 8.42 Å². The Balaban J connectivity index is 1.49. The Morgan fingerprint density at radius 3 is 2.21 bits per heavy atom. The van der Waals surface area contributed by atoms with Gasteiger partial charge in [0.1, 0.15) is 0 Å². The summed E-state index contributed by atoms with van der Waals surface area (Å²) >= 11 is 7.81. The molecule has 1 heterocycles. The maximum atomic E-state index is 13.6. The summed E-state index contributed by atoms with van der Waals surface area (Å²) in [6.45, 7) is 0. The maximum absolute atomic E-state index is 13.6. The van der Waals surface area contributed by atoms with Crippen LogP contribution in [0.4, 0.5) is 17.1 Å². The monoisotopic (exact) mass is 492 g/mol. The topological polar surface area (TPSA) is 66.5 Å². The van der Waals surface area contributed by atoms with Crippen molar-refractivity contribution in [3.63, 3.8) is 0 Å². The smallest absolute Gasteiger partial charge is 0.262 e. The van der Waals surface area contributed by atoms with Gasteiger partial charge in [-0.1, -0.05) is 53.7 Å². The largest absolute Gasteiger partial charge is 0.280 e. The number of carbonyl (C=O) groups is 1. The van der Waals surface area contributed by atoms with Gasteiger partial charge < -0.3 is 0 Å². The lowest BCUT2D eigenvalue weighted by Crippen LogP contribution is -2.28. The van der Waals surface area contributed by atoms with Crippen LogP contribution in [0, 0.1) is 0 Å². The van der Waals surface area contributed by atoms with Gasteiger partial charge in [-0.3, -0.25) is 14.4 Å². The van der Waals surface area contributed by atoms with E-state index in [0.717, 1.165) is 15.5 Å². The second-order valence-corrected chi connectivity index (χ2v) is 10.5. The zero-order chi connectivity index (χ0) is 23.0. The first kappa shape index (κ1) is 21.6. The lowest BCUT2D eigenvalue weighted by atomic mass is 10.1. The molecule has 0 radical (unpaired) electrons. The van der Waals surface area contributed by atoms with Crippen molar-refractivity contribution in [1.29, 1.82) is 0 Å². The van der Waals surface area contributed by atoms with Crippen molar-refractivity contribution in [1.82, 2.24) is 0 Å². The van der Waals surface area contributed by atoms with E-state index in [0.29, 0.717) is 22.0 Å². The fraction of sp³-hybridized carbons (Fsp3) is 0. The number of nitrogens with zero attached hydrogens (tertiary/aromatic N) is 1. The summed E-state index contributed by atoms with van der Waals surface area (Å²) in [6, 6.07) is 27.7. The van der Waals surface area contributed by atoms with Crippen LogP contribution in [-0.4, -0.2) is 14.3 Å². The Hall–Kier alpha value is -3.26. The highest BCUT2D eigenvalue weighted by Crippen LogP contribution is 2.49. The van der Waals surface area contributed by atoms with Crippen LogP contribution in [0.2, 0.25) is 5.02 Å². The summed E-state index contributed by atoms with van der Waals surface area (Å²) in [4.78, 5) is 17.2. The third-order valence-corrected chi connectivity index (χ3v) is 7.89. The van der Waals surface area contributed by atoms with Crippen molar-refractivity contribution < 1.29 is 13.2 Å². The molecule has 5 rings (SSSR count). The number of anilines is 3. The predicted octanol–water partition coefficient (Wildman–Crippen LogP) is 6.58. The summed E-state index contributed by atoms with van der Waals surface area (Å²) in [5.74, 6) is -0.272. The fourth-order valence-electron chi connectivity index (χ4n) is 3.57. The van der Waals surface area contributed by atoms with Gasteiger partial charge in [0.2, 0.25) is 0 Å². The zero-order valence-corrected chi connectivity index (χ0v) is 19.5. The van der Waals surface area contributed by atoms with E-state index in [4.69, 9.17) is 11.6 Å². The van der Waals surface area contributed by atoms with Crippen molar-refractivity contribution in [2.24, 2.45) is 0 Å². The second kappa shape index (κ2) is 8.59. The Bertz CT molecular complexity index is 1460. The predicted molar refractivity (Wildman–Crippen MR) is 132 cm³/mol. The molecule has 4 aromatic carbocycles. The van der Waals surface area contributed by atoms with Gasteiger partial charge in [0.25, 0.3) is 15.9 Å². The van der Waals surface area contributed by atoms with Crippen LogP contribution < -0.4 is 9.62 Å². The van der Waals surface area contributed by atoms with E-state index in [1.165, 1.54) is 24.3 Å². The van der Waals surface area contributed by atoms with Gasteiger partial charge >= 0.3 is 0 Å². The first-order chi connectivity index (χ1) is 15.9. The van der Waals surface area contributed by atoms with E-state index in [2.05, 4.69) is 4.72 Å². The maximum Gasteiger partial charge on any atom is 0.262 e. The number of hydrogen-bond acceptors (Lipinski definition) is 4. The molecular weight excluding hydrogens is 476 g/mol. The van der Waals surface area contributed by atoms with E-state index < -0.39 is 10.0 Å². The molecule has 1 aliphatic rings. The first-order valence-corrected chi connectivity index (χ1v) is 12.7. The number of amides is 1. The summed E-state index contributed by atoms with van der Waals surface area (Å²) in [6.07, 6.45) is 0. The molecule has 0 atom stereocenters. The quantitative estimate of drug-likeness (QED) is 0.349. The average Bonchev–Trinajstić information content (AvgIpc) is 2.83. The molecule has 5 nitrogen and oxygen atoms in total. The molecule has 0 fully saturated rings. The number of halogens is 1. The van der Waals surface area contributed by atoms with E-state index in [-0.39, 0.29) is 10.8 Å². The van der Waals surface area contributed by atoms with Gasteiger partial charge in [-0.05, 0) is 66.7 Å². The molecule has 4 aromatic rings.